The molecule has 2 aliphatic rings. The molecule has 0 aromatic heterocycles. The summed E-state index contributed by atoms with van der Waals surface area (Å²) in [5, 5.41) is 3.98. The highest BCUT2D eigenvalue weighted by Gasteiger charge is 2.33. The molecule has 1 N–H and O–H groups in total. The molecule has 1 heterocycles. The van der Waals surface area contributed by atoms with Gasteiger partial charge in [0.25, 0.3) is 0 Å². The molecule has 6 heteroatoms. The summed E-state index contributed by atoms with van der Waals surface area (Å²) in [7, 11) is 1.95. The van der Waals surface area contributed by atoms with E-state index in [-0.39, 0.29) is 24.4 Å². The van der Waals surface area contributed by atoms with Gasteiger partial charge in [-0.3, -0.25) is 4.79 Å². The smallest absolute Gasteiger partial charge is 0.242 e. The molecule has 1 saturated heterocycles. The molecule has 3 unspecified atom stereocenters. The third kappa shape index (κ3) is 4.52. The van der Waals surface area contributed by atoms with E-state index in [0.29, 0.717) is 19.3 Å². The van der Waals surface area contributed by atoms with Crippen LogP contribution in [-0.2, 0) is 9.53 Å². The van der Waals surface area contributed by atoms with E-state index in [0.717, 1.165) is 24.6 Å². The topological polar surface area (TPSA) is 41.6 Å². The van der Waals surface area contributed by atoms with Crippen LogP contribution in [0.2, 0.25) is 0 Å². The minimum absolute atomic E-state index is 0. The van der Waals surface area contributed by atoms with Crippen molar-refractivity contribution in [2.24, 2.45) is 0 Å². The van der Waals surface area contributed by atoms with E-state index in [1.807, 2.05) is 23.7 Å². The largest absolute Gasteiger partial charge is 0.378 e. The van der Waals surface area contributed by atoms with E-state index in [9.17, 15) is 4.79 Å². The molecule has 3 atom stereocenters. The van der Waals surface area contributed by atoms with Gasteiger partial charge in [0, 0.05) is 24.9 Å². The van der Waals surface area contributed by atoms with Gasteiger partial charge in [-0.1, -0.05) is 6.92 Å². The predicted octanol–water partition coefficient (Wildman–Crippen LogP) is 1.53. The quantitative estimate of drug-likeness (QED) is 0.855. The van der Waals surface area contributed by atoms with Crippen LogP contribution in [0.4, 0.5) is 0 Å². The Hall–Kier alpha value is 0.0300. The number of ether oxygens (including phenoxy) is 1. The summed E-state index contributed by atoms with van der Waals surface area (Å²) in [6.45, 7) is 4.22. The Morgan fingerprint density at radius 1 is 1.47 bits per heavy atom. The van der Waals surface area contributed by atoms with Crippen molar-refractivity contribution < 1.29 is 9.53 Å². The summed E-state index contributed by atoms with van der Waals surface area (Å²) in [5.74, 6) is 1.37. The molecule has 2 rings (SSSR count). The second kappa shape index (κ2) is 8.35. The summed E-state index contributed by atoms with van der Waals surface area (Å²) in [6.07, 6.45) is 3.54. The Bertz CT molecular complexity index is 288. The van der Waals surface area contributed by atoms with Gasteiger partial charge in [0.1, 0.15) is 6.04 Å². The zero-order valence-corrected chi connectivity index (χ0v) is 13.4. The molecule has 0 aromatic carbocycles. The lowest BCUT2D eigenvalue weighted by Gasteiger charge is -2.31. The van der Waals surface area contributed by atoms with Gasteiger partial charge in [-0.05, 0) is 25.0 Å². The van der Waals surface area contributed by atoms with E-state index in [4.69, 9.17) is 4.74 Å². The molecule has 1 saturated carbocycles. The minimum Gasteiger partial charge on any atom is -0.378 e. The van der Waals surface area contributed by atoms with Crippen molar-refractivity contribution in [1.82, 2.24) is 10.2 Å². The maximum absolute atomic E-state index is 12.3. The van der Waals surface area contributed by atoms with Crippen molar-refractivity contribution in [1.29, 1.82) is 0 Å². The second-order valence-corrected chi connectivity index (χ2v) is 6.65. The Kier molecular flexibility index (Phi) is 7.50. The number of amides is 1. The van der Waals surface area contributed by atoms with Crippen LogP contribution in [0.1, 0.15) is 26.2 Å². The van der Waals surface area contributed by atoms with Crippen molar-refractivity contribution in [3.8, 4) is 0 Å². The van der Waals surface area contributed by atoms with Gasteiger partial charge in [0.15, 0.2) is 0 Å². The molecule has 0 radical (unpaired) electrons. The number of carbonyl (C=O) groups is 1. The molecule has 0 bridgehead atoms. The number of nitrogens with zero attached hydrogens (tertiary/aromatic N) is 1. The maximum Gasteiger partial charge on any atom is 0.242 e. The average Bonchev–Trinajstić information content (AvgIpc) is 2.87. The van der Waals surface area contributed by atoms with Gasteiger partial charge >= 0.3 is 0 Å². The predicted molar refractivity (Wildman–Crippen MR) is 82.2 cm³/mol. The SMILES string of the molecule is CCSC1CCC(N(C)C(=O)C2COCCN2)C1.Cl. The van der Waals surface area contributed by atoms with Crippen LogP contribution in [0.15, 0.2) is 0 Å². The first-order valence-electron chi connectivity index (χ1n) is 6.91. The second-order valence-electron chi connectivity index (χ2n) is 5.07. The normalized spacial score (nSPS) is 30.7. The van der Waals surface area contributed by atoms with E-state index in [1.54, 1.807) is 0 Å². The first kappa shape index (κ1) is 17.1. The van der Waals surface area contributed by atoms with Gasteiger partial charge in [0.2, 0.25) is 5.91 Å². The summed E-state index contributed by atoms with van der Waals surface area (Å²) in [6, 6.07) is 0.284. The summed E-state index contributed by atoms with van der Waals surface area (Å²) >= 11 is 2.03. The summed E-state index contributed by atoms with van der Waals surface area (Å²) in [5.41, 5.74) is 0. The van der Waals surface area contributed by atoms with Crippen LogP contribution in [0.3, 0.4) is 0 Å². The van der Waals surface area contributed by atoms with Crippen molar-refractivity contribution in [2.45, 2.75) is 43.5 Å². The van der Waals surface area contributed by atoms with Crippen LogP contribution in [0, 0.1) is 0 Å². The van der Waals surface area contributed by atoms with Crippen molar-refractivity contribution >= 4 is 30.1 Å². The van der Waals surface area contributed by atoms with Gasteiger partial charge in [0.05, 0.1) is 13.2 Å². The minimum atomic E-state index is -0.137. The fourth-order valence-corrected chi connectivity index (χ4v) is 3.94. The van der Waals surface area contributed by atoms with Crippen molar-refractivity contribution in [2.75, 3.05) is 32.6 Å². The van der Waals surface area contributed by atoms with Crippen LogP contribution in [0.25, 0.3) is 0 Å². The first-order valence-corrected chi connectivity index (χ1v) is 7.96. The first-order chi connectivity index (χ1) is 8.72. The molecule has 0 aromatic rings. The zero-order valence-electron chi connectivity index (χ0n) is 11.8. The number of nitrogens with one attached hydrogen (secondary N) is 1. The average molecular weight is 309 g/mol. The molecule has 112 valence electrons. The highest BCUT2D eigenvalue weighted by atomic mass is 35.5. The number of carbonyl (C=O) groups excluding carboxylic acids is 1. The van der Waals surface area contributed by atoms with Gasteiger partial charge in [-0.2, -0.15) is 11.8 Å². The van der Waals surface area contributed by atoms with E-state index >= 15 is 0 Å². The number of hydrogen-bond acceptors (Lipinski definition) is 4. The summed E-state index contributed by atoms with van der Waals surface area (Å²) < 4.78 is 5.36. The molecule has 0 spiro atoms. The lowest BCUT2D eigenvalue weighted by molar-refractivity contribution is -0.137. The molecule has 4 nitrogen and oxygen atoms in total. The molecule has 1 aliphatic carbocycles. The van der Waals surface area contributed by atoms with E-state index in [1.165, 1.54) is 12.2 Å². The molecular weight excluding hydrogens is 284 g/mol. The number of rotatable bonds is 4. The standard InChI is InChI=1S/C13H24N2O2S.ClH/c1-3-18-11-5-4-10(8-11)15(2)13(16)12-9-17-7-6-14-12;/h10-12,14H,3-9H2,1-2H3;1H. The van der Waals surface area contributed by atoms with Crippen LogP contribution >= 0.6 is 24.2 Å². The summed E-state index contributed by atoms with van der Waals surface area (Å²) in [4.78, 5) is 14.3. The van der Waals surface area contributed by atoms with Crippen LogP contribution < -0.4 is 5.32 Å². The van der Waals surface area contributed by atoms with Crippen molar-refractivity contribution in [3.63, 3.8) is 0 Å². The fraction of sp³-hybridized carbons (Fsp3) is 0.923. The number of morpholine rings is 1. The lowest BCUT2D eigenvalue weighted by atomic mass is 10.1. The molecule has 1 amide bonds. The highest BCUT2D eigenvalue weighted by Crippen LogP contribution is 2.32. The van der Waals surface area contributed by atoms with E-state index < -0.39 is 0 Å². The maximum atomic E-state index is 12.3. The fourth-order valence-electron chi connectivity index (χ4n) is 2.81. The number of likely N-dealkylation sites (N-methyl/N-ethyl adjacent to an activating group) is 1. The number of hydrogen-bond donors (Lipinski definition) is 1. The van der Waals surface area contributed by atoms with Gasteiger partial charge in [-0.25, -0.2) is 0 Å². The molecule has 19 heavy (non-hydrogen) atoms. The Balaban J connectivity index is 0.00000180. The third-order valence-electron chi connectivity index (χ3n) is 3.87. The third-order valence-corrected chi connectivity index (χ3v) is 5.11. The highest BCUT2D eigenvalue weighted by molar-refractivity contribution is 7.99. The monoisotopic (exact) mass is 308 g/mol. The Morgan fingerprint density at radius 2 is 2.26 bits per heavy atom. The van der Waals surface area contributed by atoms with E-state index in [2.05, 4.69) is 12.2 Å². The van der Waals surface area contributed by atoms with Crippen LogP contribution in [-0.4, -0.2) is 60.7 Å². The molecule has 1 aliphatic heterocycles. The van der Waals surface area contributed by atoms with Crippen LogP contribution in [0.5, 0.6) is 0 Å². The number of halogens is 1. The molecule has 2 fully saturated rings. The Labute approximate surface area is 126 Å². The van der Waals surface area contributed by atoms with Crippen molar-refractivity contribution in [3.05, 3.63) is 0 Å². The van der Waals surface area contributed by atoms with Gasteiger partial charge in [-0.15, -0.1) is 12.4 Å². The Morgan fingerprint density at radius 3 is 2.89 bits per heavy atom. The lowest BCUT2D eigenvalue weighted by Crippen LogP contribution is -2.53. The van der Waals surface area contributed by atoms with Gasteiger partial charge < -0.3 is 15.0 Å². The molecular formula is C13H25ClN2O2S. The number of thioether (sulfide) groups is 1. The zero-order chi connectivity index (χ0) is 13.0.